The van der Waals surface area contributed by atoms with Gasteiger partial charge in [-0.15, -0.1) is 0 Å². The summed E-state index contributed by atoms with van der Waals surface area (Å²) in [5.74, 6) is 0.299. The van der Waals surface area contributed by atoms with Crippen molar-refractivity contribution in [3.63, 3.8) is 0 Å². The normalized spacial score (nSPS) is 23.7. The summed E-state index contributed by atoms with van der Waals surface area (Å²) in [7, 11) is 0. The van der Waals surface area contributed by atoms with Crippen molar-refractivity contribution < 1.29 is 4.79 Å². The van der Waals surface area contributed by atoms with Crippen LogP contribution in [0.25, 0.3) is 10.9 Å². The van der Waals surface area contributed by atoms with Crippen molar-refractivity contribution in [1.29, 1.82) is 0 Å². The molecule has 1 amide bonds. The lowest BCUT2D eigenvalue weighted by molar-refractivity contribution is -0.133. The van der Waals surface area contributed by atoms with Crippen LogP contribution in [-0.4, -0.2) is 41.0 Å². The van der Waals surface area contributed by atoms with Gasteiger partial charge >= 0.3 is 0 Å². The number of rotatable bonds is 2. The highest BCUT2D eigenvalue weighted by atomic mass is 16.2. The molecule has 0 aliphatic carbocycles. The summed E-state index contributed by atoms with van der Waals surface area (Å²) in [5.41, 5.74) is 6.09. The number of hydrogen-bond donors (Lipinski definition) is 2. The summed E-state index contributed by atoms with van der Waals surface area (Å²) in [6.45, 7) is 8.37. The number of fused-ring (bicyclic) bond motifs is 2. The van der Waals surface area contributed by atoms with Crippen molar-refractivity contribution >= 4 is 16.8 Å². The van der Waals surface area contributed by atoms with E-state index in [0.717, 1.165) is 31.6 Å². The van der Waals surface area contributed by atoms with Gasteiger partial charge in [-0.2, -0.15) is 0 Å². The highest BCUT2D eigenvalue weighted by molar-refractivity contribution is 5.92. The molecule has 4 heteroatoms. The number of hydrogen-bond acceptors (Lipinski definition) is 2. The van der Waals surface area contributed by atoms with E-state index in [2.05, 4.69) is 48.1 Å². The van der Waals surface area contributed by atoms with Crippen LogP contribution in [0.15, 0.2) is 12.1 Å². The molecule has 1 aromatic carbocycles. The second-order valence-electron chi connectivity index (χ2n) is 8.19. The van der Waals surface area contributed by atoms with Gasteiger partial charge in [0.15, 0.2) is 0 Å². The zero-order valence-electron chi connectivity index (χ0n) is 16.3. The number of H-pyrrole nitrogens is 1. The van der Waals surface area contributed by atoms with Crippen LogP contribution in [0.3, 0.4) is 0 Å². The van der Waals surface area contributed by atoms with Gasteiger partial charge in [0.2, 0.25) is 5.91 Å². The maximum absolute atomic E-state index is 13.3. The van der Waals surface area contributed by atoms with E-state index in [4.69, 9.17) is 0 Å². The third kappa shape index (κ3) is 3.05. The molecule has 2 saturated heterocycles. The summed E-state index contributed by atoms with van der Waals surface area (Å²) in [6, 6.07) is 5.23. The van der Waals surface area contributed by atoms with Gasteiger partial charge in [0.05, 0.1) is 6.42 Å². The van der Waals surface area contributed by atoms with Crippen LogP contribution < -0.4 is 5.32 Å². The Morgan fingerprint density at radius 3 is 2.85 bits per heavy atom. The van der Waals surface area contributed by atoms with Gasteiger partial charge in [-0.05, 0) is 63.3 Å². The van der Waals surface area contributed by atoms with Crippen LogP contribution >= 0.6 is 0 Å². The highest BCUT2D eigenvalue weighted by Gasteiger charge is 2.35. The molecule has 0 unspecified atom stereocenters. The summed E-state index contributed by atoms with van der Waals surface area (Å²) in [6.07, 6.45) is 6.48. The molecule has 140 valence electrons. The Morgan fingerprint density at radius 1 is 1.15 bits per heavy atom. The summed E-state index contributed by atoms with van der Waals surface area (Å²) in [4.78, 5) is 19.0. The van der Waals surface area contributed by atoms with Gasteiger partial charge in [0, 0.05) is 35.2 Å². The number of likely N-dealkylation sites (tertiary alicyclic amines) is 1. The standard InChI is InChI=1S/C22H31N3O/c1-14-8-9-17-18(16(3)24-22(17)15(14)2)13-21(26)25-12-6-4-5-7-19-20(25)10-11-23-19/h8-9,19-20,23-24H,4-7,10-13H2,1-3H3/t19-,20+/m1/s1. The molecule has 2 N–H and O–H groups in total. The number of nitrogens with one attached hydrogen (secondary N) is 2. The first-order chi connectivity index (χ1) is 12.6. The lowest BCUT2D eigenvalue weighted by Gasteiger charge is -2.35. The summed E-state index contributed by atoms with van der Waals surface area (Å²) >= 11 is 0. The fraction of sp³-hybridized carbons (Fsp3) is 0.591. The maximum atomic E-state index is 13.3. The zero-order chi connectivity index (χ0) is 18.3. The van der Waals surface area contributed by atoms with Crippen molar-refractivity contribution in [2.45, 2.75) is 71.4 Å². The zero-order valence-corrected chi connectivity index (χ0v) is 16.3. The molecule has 0 spiro atoms. The minimum Gasteiger partial charge on any atom is -0.358 e. The number of nitrogens with zero attached hydrogens (tertiary/aromatic N) is 1. The Balaban J connectivity index is 1.62. The van der Waals surface area contributed by atoms with Crippen molar-refractivity contribution in [1.82, 2.24) is 15.2 Å². The molecule has 3 heterocycles. The van der Waals surface area contributed by atoms with Crippen molar-refractivity contribution in [2.75, 3.05) is 13.1 Å². The molecule has 26 heavy (non-hydrogen) atoms. The first-order valence-corrected chi connectivity index (χ1v) is 10.2. The number of aryl methyl sites for hydroxylation is 3. The van der Waals surface area contributed by atoms with E-state index in [1.54, 1.807) is 0 Å². The van der Waals surface area contributed by atoms with Gasteiger partial charge in [0.1, 0.15) is 0 Å². The molecular weight excluding hydrogens is 322 g/mol. The molecule has 2 aromatic rings. The van der Waals surface area contributed by atoms with Crippen LogP contribution in [0.5, 0.6) is 0 Å². The van der Waals surface area contributed by atoms with E-state index in [1.807, 2.05) is 0 Å². The number of aromatic amines is 1. The van der Waals surface area contributed by atoms with E-state index in [0.29, 0.717) is 24.4 Å². The first kappa shape index (κ1) is 17.6. The van der Waals surface area contributed by atoms with Crippen molar-refractivity contribution in [3.05, 3.63) is 34.5 Å². The van der Waals surface area contributed by atoms with Crippen LogP contribution in [-0.2, 0) is 11.2 Å². The van der Waals surface area contributed by atoms with E-state index < -0.39 is 0 Å². The van der Waals surface area contributed by atoms with Gasteiger partial charge in [-0.3, -0.25) is 4.79 Å². The number of benzene rings is 1. The predicted octanol–water partition coefficient (Wildman–Crippen LogP) is 3.77. The molecule has 2 fully saturated rings. The van der Waals surface area contributed by atoms with Crippen LogP contribution in [0, 0.1) is 20.8 Å². The molecule has 0 radical (unpaired) electrons. The van der Waals surface area contributed by atoms with Crippen LogP contribution in [0.2, 0.25) is 0 Å². The predicted molar refractivity (Wildman–Crippen MR) is 107 cm³/mol. The number of carbonyl (C=O) groups is 1. The second-order valence-corrected chi connectivity index (χ2v) is 8.19. The van der Waals surface area contributed by atoms with E-state index in [9.17, 15) is 4.79 Å². The Bertz CT molecular complexity index is 822. The largest absolute Gasteiger partial charge is 0.358 e. The Morgan fingerprint density at radius 2 is 2.00 bits per heavy atom. The lowest BCUT2D eigenvalue weighted by Crippen LogP contribution is -2.48. The molecule has 2 atom stereocenters. The van der Waals surface area contributed by atoms with Gasteiger partial charge in [0.25, 0.3) is 0 Å². The fourth-order valence-corrected chi connectivity index (χ4v) is 4.89. The molecule has 2 aliphatic rings. The van der Waals surface area contributed by atoms with E-state index >= 15 is 0 Å². The molecular formula is C22H31N3O. The molecule has 0 saturated carbocycles. The van der Waals surface area contributed by atoms with Crippen molar-refractivity contribution in [2.24, 2.45) is 0 Å². The smallest absolute Gasteiger partial charge is 0.227 e. The third-order valence-corrected chi connectivity index (χ3v) is 6.60. The van der Waals surface area contributed by atoms with Gasteiger partial charge in [-0.1, -0.05) is 25.0 Å². The quantitative estimate of drug-likeness (QED) is 0.863. The summed E-state index contributed by atoms with van der Waals surface area (Å²) in [5, 5.41) is 4.84. The topological polar surface area (TPSA) is 48.1 Å². The Kier molecular flexibility index (Phi) is 4.78. The molecule has 4 rings (SSSR count). The number of aromatic nitrogens is 1. The number of carbonyl (C=O) groups excluding carboxylic acids is 1. The Hall–Kier alpha value is -1.81. The maximum Gasteiger partial charge on any atom is 0.227 e. The SMILES string of the molecule is Cc1ccc2c(CC(=O)N3CCCCC[C@H]4NCC[C@@H]43)c(C)[nH]c2c1C. The van der Waals surface area contributed by atoms with Crippen LogP contribution in [0.4, 0.5) is 0 Å². The van der Waals surface area contributed by atoms with E-state index in [1.165, 1.54) is 46.9 Å². The number of amides is 1. The van der Waals surface area contributed by atoms with Crippen molar-refractivity contribution in [3.8, 4) is 0 Å². The summed E-state index contributed by atoms with van der Waals surface area (Å²) < 4.78 is 0. The molecule has 4 nitrogen and oxygen atoms in total. The fourth-order valence-electron chi connectivity index (χ4n) is 4.89. The highest BCUT2D eigenvalue weighted by Crippen LogP contribution is 2.29. The third-order valence-electron chi connectivity index (χ3n) is 6.60. The molecule has 0 bridgehead atoms. The molecule has 2 aliphatic heterocycles. The van der Waals surface area contributed by atoms with Gasteiger partial charge in [-0.25, -0.2) is 0 Å². The lowest BCUT2D eigenvalue weighted by atomic mass is 9.96. The Labute approximate surface area is 156 Å². The molecule has 1 aromatic heterocycles. The minimum atomic E-state index is 0.299. The van der Waals surface area contributed by atoms with E-state index in [-0.39, 0.29) is 0 Å². The minimum absolute atomic E-state index is 0.299. The first-order valence-electron chi connectivity index (χ1n) is 10.2. The van der Waals surface area contributed by atoms with Crippen LogP contribution in [0.1, 0.15) is 54.5 Å². The second kappa shape index (κ2) is 7.07. The average Bonchev–Trinajstić information content (AvgIpc) is 3.17. The van der Waals surface area contributed by atoms with Gasteiger partial charge < -0.3 is 15.2 Å². The monoisotopic (exact) mass is 353 g/mol. The average molecular weight is 354 g/mol.